The van der Waals surface area contributed by atoms with Crippen LogP contribution in [0.15, 0.2) is 24.3 Å². The number of halogens is 3. The smallest absolute Gasteiger partial charge is 0.392 e. The van der Waals surface area contributed by atoms with Crippen molar-refractivity contribution in [2.75, 3.05) is 13.6 Å². The topological polar surface area (TPSA) is 81.7 Å². The monoisotopic (exact) mass is 471 g/mol. The standard InChI is InChI=1S/C24H36F3N3O3/c1-14(2)22(32)19-12-18(30(5)15(3)4)9-10-20(19)29-21(31)13-28-23(33)16-7-6-8-17(11-16)24(25,26)27/h6-8,11,14-15,18-20,22,32H,9-10,12-13H2,1-5H3,(H,28,33)(H,29,31)/t18-,19+,20-,22+/m1/s1. The Morgan fingerprint density at radius 2 is 1.85 bits per heavy atom. The van der Waals surface area contributed by atoms with E-state index in [1.54, 1.807) is 0 Å². The van der Waals surface area contributed by atoms with Crippen LogP contribution in [0.3, 0.4) is 0 Å². The van der Waals surface area contributed by atoms with Gasteiger partial charge >= 0.3 is 6.18 Å². The largest absolute Gasteiger partial charge is 0.416 e. The van der Waals surface area contributed by atoms with Gasteiger partial charge < -0.3 is 20.6 Å². The highest BCUT2D eigenvalue weighted by atomic mass is 19.4. The Morgan fingerprint density at radius 1 is 1.18 bits per heavy atom. The summed E-state index contributed by atoms with van der Waals surface area (Å²) in [5.74, 6) is -1.29. The molecule has 1 aliphatic carbocycles. The van der Waals surface area contributed by atoms with Crippen LogP contribution in [0.5, 0.6) is 0 Å². The molecule has 0 radical (unpaired) electrons. The van der Waals surface area contributed by atoms with Gasteiger partial charge in [-0.05, 0) is 64.3 Å². The molecule has 0 saturated heterocycles. The average Bonchev–Trinajstić information content (AvgIpc) is 2.76. The third-order valence-corrected chi connectivity index (χ3v) is 6.59. The van der Waals surface area contributed by atoms with Crippen molar-refractivity contribution in [3.8, 4) is 0 Å². The zero-order valence-electron chi connectivity index (χ0n) is 19.9. The molecule has 1 saturated carbocycles. The molecule has 0 unspecified atom stereocenters. The van der Waals surface area contributed by atoms with Crippen molar-refractivity contribution >= 4 is 11.8 Å². The summed E-state index contributed by atoms with van der Waals surface area (Å²) in [4.78, 5) is 27.1. The Morgan fingerprint density at radius 3 is 2.42 bits per heavy atom. The summed E-state index contributed by atoms with van der Waals surface area (Å²) in [6.07, 6.45) is -2.82. The molecule has 1 fully saturated rings. The fourth-order valence-corrected chi connectivity index (χ4v) is 4.38. The highest BCUT2D eigenvalue weighted by molar-refractivity contribution is 5.96. The molecule has 1 aromatic rings. The van der Waals surface area contributed by atoms with E-state index in [1.807, 2.05) is 13.8 Å². The van der Waals surface area contributed by atoms with Crippen LogP contribution >= 0.6 is 0 Å². The van der Waals surface area contributed by atoms with Gasteiger partial charge in [0.15, 0.2) is 0 Å². The summed E-state index contributed by atoms with van der Waals surface area (Å²) in [5.41, 5.74) is -1.09. The van der Waals surface area contributed by atoms with E-state index in [0.29, 0.717) is 18.5 Å². The first-order valence-corrected chi connectivity index (χ1v) is 11.5. The first-order chi connectivity index (χ1) is 15.3. The van der Waals surface area contributed by atoms with Gasteiger partial charge in [0.25, 0.3) is 5.91 Å². The molecule has 1 aromatic carbocycles. The molecule has 186 valence electrons. The van der Waals surface area contributed by atoms with E-state index in [0.717, 1.165) is 31.0 Å². The second-order valence-corrected chi connectivity index (χ2v) is 9.56. The molecule has 2 rings (SSSR count). The van der Waals surface area contributed by atoms with E-state index in [-0.39, 0.29) is 30.0 Å². The number of nitrogens with one attached hydrogen (secondary N) is 2. The summed E-state index contributed by atoms with van der Waals surface area (Å²) in [6, 6.07) is 4.50. The number of carbonyl (C=O) groups is 2. The number of benzene rings is 1. The Labute approximate surface area is 193 Å². The maximum atomic E-state index is 12.9. The molecule has 4 atom stereocenters. The fourth-order valence-electron chi connectivity index (χ4n) is 4.38. The van der Waals surface area contributed by atoms with E-state index >= 15 is 0 Å². The molecule has 0 aliphatic heterocycles. The number of hydrogen-bond acceptors (Lipinski definition) is 4. The molecule has 0 heterocycles. The van der Waals surface area contributed by atoms with Crippen LogP contribution in [-0.4, -0.2) is 59.6 Å². The molecule has 6 nitrogen and oxygen atoms in total. The number of nitrogens with zero attached hydrogens (tertiary/aromatic N) is 1. The van der Waals surface area contributed by atoms with Crippen LogP contribution in [0.1, 0.15) is 62.9 Å². The average molecular weight is 472 g/mol. The zero-order valence-corrected chi connectivity index (χ0v) is 19.9. The van der Waals surface area contributed by atoms with Gasteiger partial charge in [-0.25, -0.2) is 0 Å². The molecule has 9 heteroatoms. The minimum absolute atomic E-state index is 0.0260. The second-order valence-electron chi connectivity index (χ2n) is 9.56. The lowest BCUT2D eigenvalue weighted by molar-refractivity contribution is -0.137. The van der Waals surface area contributed by atoms with E-state index in [2.05, 4.69) is 36.4 Å². The summed E-state index contributed by atoms with van der Waals surface area (Å²) in [6.45, 7) is 7.76. The number of amides is 2. The highest BCUT2D eigenvalue weighted by Crippen LogP contribution is 2.33. The minimum Gasteiger partial charge on any atom is -0.392 e. The van der Waals surface area contributed by atoms with Crippen LogP contribution in [0.2, 0.25) is 0 Å². The maximum Gasteiger partial charge on any atom is 0.416 e. The van der Waals surface area contributed by atoms with Gasteiger partial charge in [-0.2, -0.15) is 13.2 Å². The summed E-state index contributed by atoms with van der Waals surface area (Å²) in [5, 5.41) is 16.1. The van der Waals surface area contributed by atoms with Crippen molar-refractivity contribution in [1.29, 1.82) is 0 Å². The van der Waals surface area contributed by atoms with Crippen molar-refractivity contribution in [2.45, 2.75) is 77.4 Å². The number of carbonyl (C=O) groups excluding carboxylic acids is 2. The molecule has 2 amide bonds. The van der Waals surface area contributed by atoms with Crippen LogP contribution in [-0.2, 0) is 11.0 Å². The molecule has 1 aliphatic rings. The van der Waals surface area contributed by atoms with Gasteiger partial charge in [0.05, 0.1) is 18.2 Å². The first-order valence-electron chi connectivity index (χ1n) is 11.5. The number of rotatable bonds is 8. The van der Waals surface area contributed by atoms with E-state index < -0.39 is 29.7 Å². The molecule has 0 aromatic heterocycles. The quantitative estimate of drug-likeness (QED) is 0.543. The fraction of sp³-hybridized carbons (Fsp3) is 0.667. The van der Waals surface area contributed by atoms with Crippen molar-refractivity contribution in [2.24, 2.45) is 11.8 Å². The summed E-state index contributed by atoms with van der Waals surface area (Å²) in [7, 11) is 2.07. The van der Waals surface area contributed by atoms with E-state index in [1.165, 1.54) is 6.07 Å². The van der Waals surface area contributed by atoms with Crippen molar-refractivity contribution < 1.29 is 27.9 Å². The predicted molar refractivity (Wildman–Crippen MR) is 121 cm³/mol. The Hall–Kier alpha value is -2.13. The summed E-state index contributed by atoms with van der Waals surface area (Å²) < 4.78 is 38.6. The zero-order chi connectivity index (χ0) is 24.9. The number of alkyl halides is 3. The van der Waals surface area contributed by atoms with Gasteiger partial charge in [0.2, 0.25) is 5.91 Å². The van der Waals surface area contributed by atoms with Crippen LogP contribution in [0.25, 0.3) is 0 Å². The predicted octanol–water partition coefficient (Wildman–Crippen LogP) is 3.45. The Balaban J connectivity index is 1.99. The van der Waals surface area contributed by atoms with Gasteiger partial charge in [-0.15, -0.1) is 0 Å². The number of hydrogen-bond donors (Lipinski definition) is 3. The van der Waals surface area contributed by atoms with Gasteiger partial charge in [0.1, 0.15) is 0 Å². The molecular formula is C24H36F3N3O3. The number of aliphatic hydroxyl groups is 1. The molecule has 3 N–H and O–H groups in total. The third kappa shape index (κ3) is 7.43. The normalized spacial score (nSPS) is 22.5. The minimum atomic E-state index is -4.55. The SMILES string of the molecule is CC(C)[C@H](O)[C@H]1C[C@H](N(C)C(C)C)CC[C@H]1NC(=O)CNC(=O)c1cccc(C(F)(F)F)c1. The molecular weight excluding hydrogens is 435 g/mol. The third-order valence-electron chi connectivity index (χ3n) is 6.59. The van der Waals surface area contributed by atoms with Gasteiger partial charge in [-0.1, -0.05) is 19.9 Å². The van der Waals surface area contributed by atoms with Crippen molar-refractivity contribution in [1.82, 2.24) is 15.5 Å². The Bertz CT molecular complexity index is 814. The Kier molecular flexibility index (Phi) is 9.31. The van der Waals surface area contributed by atoms with Gasteiger partial charge in [0, 0.05) is 29.6 Å². The summed E-state index contributed by atoms with van der Waals surface area (Å²) >= 11 is 0. The van der Waals surface area contributed by atoms with Crippen LogP contribution < -0.4 is 10.6 Å². The number of aliphatic hydroxyl groups excluding tert-OH is 1. The first kappa shape index (κ1) is 27.1. The van der Waals surface area contributed by atoms with Crippen molar-refractivity contribution in [3.05, 3.63) is 35.4 Å². The second kappa shape index (κ2) is 11.3. The van der Waals surface area contributed by atoms with Crippen LogP contribution in [0, 0.1) is 11.8 Å². The lowest BCUT2D eigenvalue weighted by Crippen LogP contribution is -2.54. The molecule has 0 spiro atoms. The lowest BCUT2D eigenvalue weighted by atomic mass is 9.75. The van der Waals surface area contributed by atoms with Gasteiger partial charge in [-0.3, -0.25) is 9.59 Å². The van der Waals surface area contributed by atoms with Crippen LogP contribution in [0.4, 0.5) is 13.2 Å². The van der Waals surface area contributed by atoms with E-state index in [9.17, 15) is 27.9 Å². The molecule has 0 bridgehead atoms. The highest BCUT2D eigenvalue weighted by Gasteiger charge is 2.38. The van der Waals surface area contributed by atoms with E-state index in [4.69, 9.17) is 0 Å². The lowest BCUT2D eigenvalue weighted by Gasteiger charge is -2.44. The maximum absolute atomic E-state index is 12.9. The molecule has 33 heavy (non-hydrogen) atoms. The van der Waals surface area contributed by atoms with Crippen molar-refractivity contribution in [3.63, 3.8) is 0 Å².